The van der Waals surface area contributed by atoms with Crippen LogP contribution in [0.5, 0.6) is 0 Å². The highest BCUT2D eigenvalue weighted by Gasteiger charge is 2.33. The summed E-state index contributed by atoms with van der Waals surface area (Å²) in [5, 5.41) is 10.9. The van der Waals surface area contributed by atoms with E-state index >= 15 is 0 Å². The molecule has 0 spiro atoms. The molecule has 0 saturated heterocycles. The van der Waals surface area contributed by atoms with Crippen LogP contribution in [0.15, 0.2) is 0 Å². The number of nitrogens with one attached hydrogen (secondary N) is 1. The number of halogens is 3. The molecule has 0 radical (unpaired) electrons. The largest absolute Gasteiger partial charge is 0.480 e. The van der Waals surface area contributed by atoms with Crippen molar-refractivity contribution in [3.63, 3.8) is 0 Å². The number of aliphatic carboxylic acids is 1. The van der Waals surface area contributed by atoms with Crippen LogP contribution in [-0.4, -0.2) is 72.4 Å². The second-order valence-electron chi connectivity index (χ2n) is 4.83. The van der Waals surface area contributed by atoms with Gasteiger partial charge in [-0.25, -0.2) is 4.79 Å². The van der Waals surface area contributed by atoms with Crippen LogP contribution >= 0.6 is 0 Å². The van der Waals surface area contributed by atoms with Crippen LogP contribution in [0.4, 0.5) is 18.0 Å². The number of carbonyl (C=O) groups is 2. The first kappa shape index (κ1) is 19.5. The van der Waals surface area contributed by atoms with E-state index in [-0.39, 0.29) is 17.5 Å². The molecule has 0 rings (SSSR count). The minimum absolute atomic E-state index is 0.146. The third kappa shape index (κ3) is 9.11. The Hall–Kier alpha value is -1.51. The molecular formula is C12H22F3N3O3. The van der Waals surface area contributed by atoms with Crippen LogP contribution < -0.4 is 5.32 Å². The van der Waals surface area contributed by atoms with Gasteiger partial charge in [0.1, 0.15) is 13.1 Å². The Morgan fingerprint density at radius 3 is 2.33 bits per heavy atom. The van der Waals surface area contributed by atoms with E-state index in [1.54, 1.807) is 0 Å². The van der Waals surface area contributed by atoms with Gasteiger partial charge in [0.25, 0.3) is 0 Å². The van der Waals surface area contributed by atoms with Crippen molar-refractivity contribution in [2.45, 2.75) is 32.5 Å². The van der Waals surface area contributed by atoms with Crippen molar-refractivity contribution in [3.8, 4) is 0 Å². The third-order valence-electron chi connectivity index (χ3n) is 3.07. The number of nitrogens with zero attached hydrogens (tertiary/aromatic N) is 2. The molecular weight excluding hydrogens is 291 g/mol. The SMILES string of the molecule is CCC(C)N(C)CCNC(=O)N(CC(=O)O)CC(F)(F)F. The Morgan fingerprint density at radius 1 is 1.33 bits per heavy atom. The smallest absolute Gasteiger partial charge is 0.406 e. The maximum atomic E-state index is 12.3. The fourth-order valence-corrected chi connectivity index (χ4v) is 1.56. The number of carbonyl (C=O) groups excluding carboxylic acids is 1. The Balaban J connectivity index is 4.38. The van der Waals surface area contributed by atoms with Gasteiger partial charge in [0, 0.05) is 19.1 Å². The lowest BCUT2D eigenvalue weighted by molar-refractivity contribution is -0.148. The van der Waals surface area contributed by atoms with Gasteiger partial charge < -0.3 is 20.2 Å². The molecule has 1 atom stereocenters. The summed E-state index contributed by atoms with van der Waals surface area (Å²) in [4.78, 5) is 24.3. The summed E-state index contributed by atoms with van der Waals surface area (Å²) in [6.07, 6.45) is -3.73. The lowest BCUT2D eigenvalue weighted by Gasteiger charge is -2.25. The standard InChI is InChI=1S/C12H22F3N3O3/c1-4-9(2)17(3)6-5-16-11(21)18(7-10(19)20)8-12(13,14)15/h9H,4-8H2,1-3H3,(H,16,21)(H,19,20). The second kappa shape index (κ2) is 8.71. The van der Waals surface area contributed by atoms with E-state index < -0.39 is 31.3 Å². The molecule has 0 saturated carbocycles. The third-order valence-corrected chi connectivity index (χ3v) is 3.07. The zero-order valence-electron chi connectivity index (χ0n) is 12.4. The van der Waals surface area contributed by atoms with Crippen molar-refractivity contribution >= 4 is 12.0 Å². The lowest BCUT2D eigenvalue weighted by Crippen LogP contribution is -2.48. The molecule has 0 aliphatic carbocycles. The monoisotopic (exact) mass is 313 g/mol. The van der Waals surface area contributed by atoms with Gasteiger partial charge in [-0.2, -0.15) is 13.2 Å². The van der Waals surface area contributed by atoms with E-state index in [0.717, 1.165) is 6.42 Å². The van der Waals surface area contributed by atoms with Gasteiger partial charge in [-0.3, -0.25) is 4.79 Å². The van der Waals surface area contributed by atoms with E-state index in [1.807, 2.05) is 25.8 Å². The molecule has 6 nitrogen and oxygen atoms in total. The van der Waals surface area contributed by atoms with Crippen LogP contribution in [0.1, 0.15) is 20.3 Å². The van der Waals surface area contributed by atoms with Gasteiger partial charge in [0.2, 0.25) is 0 Å². The Morgan fingerprint density at radius 2 is 1.90 bits per heavy atom. The average molecular weight is 313 g/mol. The average Bonchev–Trinajstić information content (AvgIpc) is 2.34. The van der Waals surface area contributed by atoms with Crippen LogP contribution in [0.25, 0.3) is 0 Å². The maximum Gasteiger partial charge on any atom is 0.406 e. The quantitative estimate of drug-likeness (QED) is 0.710. The van der Waals surface area contributed by atoms with Crippen LogP contribution in [-0.2, 0) is 4.79 Å². The zero-order valence-corrected chi connectivity index (χ0v) is 12.4. The highest BCUT2D eigenvalue weighted by molar-refractivity contribution is 5.80. The van der Waals surface area contributed by atoms with Crippen molar-refractivity contribution in [2.24, 2.45) is 0 Å². The Labute approximate surface area is 121 Å². The minimum Gasteiger partial charge on any atom is -0.480 e. The van der Waals surface area contributed by atoms with Crippen molar-refractivity contribution in [1.82, 2.24) is 15.1 Å². The molecule has 0 aliphatic heterocycles. The molecule has 2 amide bonds. The Bertz CT molecular complexity index is 350. The summed E-state index contributed by atoms with van der Waals surface area (Å²) >= 11 is 0. The molecule has 0 fully saturated rings. The van der Waals surface area contributed by atoms with Gasteiger partial charge in [-0.15, -0.1) is 0 Å². The summed E-state index contributed by atoms with van der Waals surface area (Å²) in [5.74, 6) is -1.49. The van der Waals surface area contributed by atoms with Gasteiger partial charge in [0.05, 0.1) is 0 Å². The topological polar surface area (TPSA) is 72.9 Å². The normalized spacial score (nSPS) is 13.1. The van der Waals surface area contributed by atoms with E-state index in [0.29, 0.717) is 6.54 Å². The van der Waals surface area contributed by atoms with Crippen molar-refractivity contribution in [1.29, 1.82) is 0 Å². The van der Waals surface area contributed by atoms with E-state index in [9.17, 15) is 22.8 Å². The van der Waals surface area contributed by atoms with Crippen molar-refractivity contribution in [3.05, 3.63) is 0 Å². The first-order valence-corrected chi connectivity index (χ1v) is 6.58. The van der Waals surface area contributed by atoms with Crippen LogP contribution in [0.2, 0.25) is 0 Å². The number of rotatable bonds is 8. The number of carboxylic acids is 1. The maximum absolute atomic E-state index is 12.3. The number of alkyl halides is 3. The lowest BCUT2D eigenvalue weighted by atomic mass is 10.2. The molecule has 0 heterocycles. The fraction of sp³-hybridized carbons (Fsp3) is 0.833. The van der Waals surface area contributed by atoms with Crippen LogP contribution in [0.3, 0.4) is 0 Å². The summed E-state index contributed by atoms with van der Waals surface area (Å²) in [7, 11) is 1.84. The van der Waals surface area contributed by atoms with Gasteiger partial charge >= 0.3 is 18.2 Å². The van der Waals surface area contributed by atoms with E-state index in [4.69, 9.17) is 5.11 Å². The molecule has 0 aromatic heterocycles. The van der Waals surface area contributed by atoms with Gasteiger partial charge in [-0.05, 0) is 20.4 Å². The molecule has 0 aromatic carbocycles. The highest BCUT2D eigenvalue weighted by Crippen LogP contribution is 2.16. The minimum atomic E-state index is -4.64. The zero-order chi connectivity index (χ0) is 16.6. The van der Waals surface area contributed by atoms with Crippen molar-refractivity contribution in [2.75, 3.05) is 33.2 Å². The number of likely N-dealkylation sites (N-methyl/N-ethyl adjacent to an activating group) is 1. The summed E-state index contributed by atoms with van der Waals surface area (Å²) in [6, 6.07) is -0.750. The van der Waals surface area contributed by atoms with Crippen molar-refractivity contribution < 1.29 is 27.9 Å². The molecule has 2 N–H and O–H groups in total. The van der Waals surface area contributed by atoms with E-state index in [1.165, 1.54) is 0 Å². The summed E-state index contributed by atoms with van der Waals surface area (Å²) in [6.45, 7) is 2.01. The van der Waals surface area contributed by atoms with E-state index in [2.05, 4.69) is 5.32 Å². The predicted molar refractivity (Wildman–Crippen MR) is 71.0 cm³/mol. The number of amides is 2. The first-order chi connectivity index (χ1) is 9.56. The molecule has 0 aliphatic rings. The number of hydrogen-bond donors (Lipinski definition) is 2. The highest BCUT2D eigenvalue weighted by atomic mass is 19.4. The molecule has 21 heavy (non-hydrogen) atoms. The molecule has 1 unspecified atom stereocenters. The number of hydrogen-bond acceptors (Lipinski definition) is 3. The second-order valence-corrected chi connectivity index (χ2v) is 4.83. The summed E-state index contributed by atoms with van der Waals surface area (Å²) < 4.78 is 36.9. The molecule has 0 aromatic rings. The fourth-order valence-electron chi connectivity index (χ4n) is 1.56. The summed E-state index contributed by atoms with van der Waals surface area (Å²) in [5.41, 5.74) is 0. The van der Waals surface area contributed by atoms with Gasteiger partial charge in [-0.1, -0.05) is 6.92 Å². The van der Waals surface area contributed by atoms with Gasteiger partial charge in [0.15, 0.2) is 0 Å². The molecule has 124 valence electrons. The number of urea groups is 1. The Kier molecular flexibility index (Phi) is 8.08. The number of carboxylic acid groups (broad SMARTS) is 1. The predicted octanol–water partition coefficient (Wildman–Crippen LogP) is 1.38. The molecule has 0 bridgehead atoms. The first-order valence-electron chi connectivity index (χ1n) is 6.58. The van der Waals surface area contributed by atoms with Crippen LogP contribution in [0, 0.1) is 0 Å². The molecule has 9 heteroatoms.